The lowest BCUT2D eigenvalue weighted by Crippen LogP contribution is -2.37. The molecule has 3 rings (SSSR count). The molecule has 1 fully saturated rings. The van der Waals surface area contributed by atoms with Gasteiger partial charge in [0.2, 0.25) is 0 Å². The average molecular weight is 373 g/mol. The fraction of sp³-hybridized carbons (Fsp3) is 0.333. The van der Waals surface area contributed by atoms with E-state index in [-0.39, 0.29) is 11.8 Å². The van der Waals surface area contributed by atoms with E-state index in [9.17, 15) is 4.79 Å². The number of carboxylic acids is 1. The van der Waals surface area contributed by atoms with Crippen LogP contribution in [-0.4, -0.2) is 40.7 Å². The summed E-state index contributed by atoms with van der Waals surface area (Å²) >= 11 is 13.7. The Bertz CT molecular complexity index is 722. The Morgan fingerprint density at radius 1 is 1.48 bits per heavy atom. The van der Waals surface area contributed by atoms with Gasteiger partial charge in [0.1, 0.15) is 5.01 Å². The molecule has 1 aliphatic heterocycles. The molecule has 0 saturated carbocycles. The van der Waals surface area contributed by atoms with Gasteiger partial charge in [-0.05, 0) is 6.07 Å². The zero-order valence-corrected chi connectivity index (χ0v) is 14.4. The summed E-state index contributed by atoms with van der Waals surface area (Å²) in [6, 6.07) is 5.51. The first kappa shape index (κ1) is 16.7. The molecular weight excluding hydrogens is 359 g/mol. The van der Waals surface area contributed by atoms with Crippen molar-refractivity contribution in [3.05, 3.63) is 49.9 Å². The van der Waals surface area contributed by atoms with Crippen LogP contribution in [0.15, 0.2) is 23.6 Å². The number of rotatable bonds is 4. The van der Waals surface area contributed by atoms with Crippen LogP contribution in [0.1, 0.15) is 27.2 Å². The fourth-order valence-electron chi connectivity index (χ4n) is 2.48. The number of benzene rings is 1. The van der Waals surface area contributed by atoms with E-state index >= 15 is 0 Å². The van der Waals surface area contributed by atoms with Gasteiger partial charge in [0.05, 0.1) is 29.3 Å². The van der Waals surface area contributed by atoms with Crippen molar-refractivity contribution < 1.29 is 14.6 Å². The number of carboxylic acid groups (broad SMARTS) is 1. The van der Waals surface area contributed by atoms with E-state index in [2.05, 4.69) is 9.88 Å². The molecule has 5 nitrogen and oxygen atoms in total. The lowest BCUT2D eigenvalue weighted by Gasteiger charge is -2.33. The number of hydrogen-bond donors (Lipinski definition) is 1. The zero-order chi connectivity index (χ0) is 16.4. The first-order valence-corrected chi connectivity index (χ1v) is 8.63. The molecule has 23 heavy (non-hydrogen) atoms. The SMILES string of the molecule is O=C(O)c1csc(CN2CCOC(c3cccc(Cl)c3Cl)C2)n1. The lowest BCUT2D eigenvalue weighted by molar-refractivity contribution is -0.0329. The number of aromatic carboxylic acids is 1. The quantitative estimate of drug-likeness (QED) is 0.885. The number of halogens is 2. The smallest absolute Gasteiger partial charge is 0.355 e. The van der Waals surface area contributed by atoms with Crippen molar-refractivity contribution in [3.8, 4) is 0 Å². The van der Waals surface area contributed by atoms with E-state index in [0.29, 0.717) is 29.7 Å². The topological polar surface area (TPSA) is 62.7 Å². The van der Waals surface area contributed by atoms with Crippen LogP contribution in [0.4, 0.5) is 0 Å². The van der Waals surface area contributed by atoms with Gasteiger partial charge >= 0.3 is 5.97 Å². The van der Waals surface area contributed by atoms with Gasteiger partial charge in [0, 0.05) is 24.0 Å². The number of thiazole rings is 1. The Morgan fingerprint density at radius 3 is 3.04 bits per heavy atom. The van der Waals surface area contributed by atoms with E-state index in [1.807, 2.05) is 12.1 Å². The molecule has 8 heteroatoms. The highest BCUT2D eigenvalue weighted by atomic mass is 35.5. The van der Waals surface area contributed by atoms with Crippen LogP contribution in [0.5, 0.6) is 0 Å². The van der Waals surface area contributed by atoms with Crippen molar-refractivity contribution in [2.24, 2.45) is 0 Å². The Kier molecular flexibility index (Phi) is 5.18. The second-order valence-electron chi connectivity index (χ2n) is 5.17. The van der Waals surface area contributed by atoms with Gasteiger partial charge in [0.15, 0.2) is 5.69 Å². The summed E-state index contributed by atoms with van der Waals surface area (Å²) in [6.07, 6.45) is -0.158. The Labute approximate surface area is 147 Å². The van der Waals surface area contributed by atoms with Crippen molar-refractivity contribution in [1.29, 1.82) is 0 Å². The standard InChI is InChI=1S/C15H14Cl2N2O3S/c16-10-3-1-2-9(14(10)17)12-6-19(4-5-22-12)7-13-18-11(8-23-13)15(20)21/h1-3,8,12H,4-7H2,(H,20,21). The molecule has 1 atom stereocenters. The normalized spacial score (nSPS) is 19.0. The molecule has 0 spiro atoms. The second-order valence-corrected chi connectivity index (χ2v) is 6.90. The second kappa shape index (κ2) is 7.15. The van der Waals surface area contributed by atoms with E-state index < -0.39 is 5.97 Å². The van der Waals surface area contributed by atoms with Crippen LogP contribution < -0.4 is 0 Å². The summed E-state index contributed by atoms with van der Waals surface area (Å²) in [5, 5.41) is 12.3. The third-order valence-electron chi connectivity index (χ3n) is 3.61. The van der Waals surface area contributed by atoms with E-state index in [0.717, 1.165) is 17.1 Å². The van der Waals surface area contributed by atoms with Gasteiger partial charge in [-0.25, -0.2) is 9.78 Å². The fourth-order valence-corrected chi connectivity index (χ4v) is 3.72. The minimum absolute atomic E-state index is 0.0905. The maximum atomic E-state index is 10.9. The highest BCUT2D eigenvalue weighted by molar-refractivity contribution is 7.09. The van der Waals surface area contributed by atoms with Crippen molar-refractivity contribution in [1.82, 2.24) is 9.88 Å². The van der Waals surface area contributed by atoms with Crippen molar-refractivity contribution in [2.45, 2.75) is 12.6 Å². The van der Waals surface area contributed by atoms with Crippen LogP contribution in [0.25, 0.3) is 0 Å². The Morgan fingerprint density at radius 2 is 2.30 bits per heavy atom. The molecule has 1 saturated heterocycles. The van der Waals surface area contributed by atoms with Crippen LogP contribution in [0.2, 0.25) is 10.0 Å². The van der Waals surface area contributed by atoms with Gasteiger partial charge in [-0.1, -0.05) is 35.3 Å². The van der Waals surface area contributed by atoms with Gasteiger partial charge < -0.3 is 9.84 Å². The first-order valence-electron chi connectivity index (χ1n) is 7.00. The average Bonchev–Trinajstić information content (AvgIpc) is 2.99. The molecule has 122 valence electrons. The molecule has 1 N–H and O–H groups in total. The number of hydrogen-bond acceptors (Lipinski definition) is 5. The summed E-state index contributed by atoms with van der Waals surface area (Å²) in [5.41, 5.74) is 0.960. The summed E-state index contributed by atoms with van der Waals surface area (Å²) in [7, 11) is 0. The molecule has 1 aliphatic rings. The van der Waals surface area contributed by atoms with Crippen molar-refractivity contribution in [3.63, 3.8) is 0 Å². The predicted molar refractivity (Wildman–Crippen MR) is 89.5 cm³/mol. The van der Waals surface area contributed by atoms with Gasteiger partial charge in [-0.3, -0.25) is 4.90 Å². The van der Waals surface area contributed by atoms with Crippen molar-refractivity contribution >= 4 is 40.5 Å². The Balaban J connectivity index is 1.70. The number of morpholine rings is 1. The molecule has 2 heterocycles. The van der Waals surface area contributed by atoms with Gasteiger partial charge in [-0.15, -0.1) is 11.3 Å². The molecular formula is C15H14Cl2N2O3S. The van der Waals surface area contributed by atoms with Crippen LogP contribution >= 0.6 is 34.5 Å². The Hall–Kier alpha value is -1.18. The monoisotopic (exact) mass is 372 g/mol. The molecule has 1 unspecified atom stereocenters. The van der Waals surface area contributed by atoms with Crippen LogP contribution in [0.3, 0.4) is 0 Å². The largest absolute Gasteiger partial charge is 0.476 e. The molecule has 2 aromatic rings. The number of nitrogens with zero attached hydrogens (tertiary/aromatic N) is 2. The summed E-state index contributed by atoms with van der Waals surface area (Å²) in [4.78, 5) is 17.2. The molecule has 0 amide bonds. The molecule has 0 aliphatic carbocycles. The zero-order valence-electron chi connectivity index (χ0n) is 12.0. The highest BCUT2D eigenvalue weighted by Crippen LogP contribution is 2.33. The third kappa shape index (κ3) is 3.84. The summed E-state index contributed by atoms with van der Waals surface area (Å²) in [6.45, 7) is 2.58. The minimum atomic E-state index is -1.00. The summed E-state index contributed by atoms with van der Waals surface area (Å²) in [5.74, 6) is -1.00. The molecule has 0 radical (unpaired) electrons. The highest BCUT2D eigenvalue weighted by Gasteiger charge is 2.25. The summed E-state index contributed by atoms with van der Waals surface area (Å²) < 4.78 is 5.82. The van der Waals surface area contributed by atoms with E-state index in [1.54, 1.807) is 11.4 Å². The number of ether oxygens (including phenoxy) is 1. The van der Waals surface area contributed by atoms with Crippen LogP contribution in [0, 0.1) is 0 Å². The molecule has 1 aromatic carbocycles. The van der Waals surface area contributed by atoms with Gasteiger partial charge in [-0.2, -0.15) is 0 Å². The van der Waals surface area contributed by atoms with E-state index in [4.69, 9.17) is 33.0 Å². The van der Waals surface area contributed by atoms with Crippen molar-refractivity contribution in [2.75, 3.05) is 19.7 Å². The van der Waals surface area contributed by atoms with E-state index in [1.165, 1.54) is 11.3 Å². The predicted octanol–water partition coefficient (Wildman–Crippen LogP) is 3.72. The minimum Gasteiger partial charge on any atom is -0.476 e. The maximum Gasteiger partial charge on any atom is 0.355 e. The third-order valence-corrected chi connectivity index (χ3v) is 5.28. The lowest BCUT2D eigenvalue weighted by atomic mass is 10.1. The van der Waals surface area contributed by atoms with Gasteiger partial charge in [0.25, 0.3) is 0 Å². The number of carbonyl (C=O) groups is 1. The van der Waals surface area contributed by atoms with Crippen LogP contribution in [-0.2, 0) is 11.3 Å². The number of aromatic nitrogens is 1. The maximum absolute atomic E-state index is 10.9. The molecule has 0 bridgehead atoms. The first-order chi connectivity index (χ1) is 11.0. The molecule has 1 aromatic heterocycles.